The summed E-state index contributed by atoms with van der Waals surface area (Å²) >= 11 is 0. The first-order chi connectivity index (χ1) is 9.42. The van der Waals surface area contributed by atoms with Gasteiger partial charge in [-0.15, -0.1) is 0 Å². The molecule has 0 fully saturated rings. The molecule has 1 N–H and O–H groups in total. The van der Waals surface area contributed by atoms with Crippen molar-refractivity contribution in [1.29, 1.82) is 0 Å². The molecule has 1 aromatic heterocycles. The number of aryl methyl sites for hydroxylation is 2. The third-order valence-electron chi connectivity index (χ3n) is 3.61. The number of hydrogen-bond acceptors (Lipinski definition) is 2. The molecule has 2 aromatic rings. The summed E-state index contributed by atoms with van der Waals surface area (Å²) in [5.74, 6) is -0.294. The van der Waals surface area contributed by atoms with Gasteiger partial charge in [-0.3, -0.25) is 4.98 Å². The maximum absolute atomic E-state index is 13.6. The van der Waals surface area contributed by atoms with Crippen LogP contribution >= 0.6 is 0 Å². The molecule has 1 atom stereocenters. The normalized spacial score (nSPS) is 14.1. The van der Waals surface area contributed by atoms with E-state index in [4.69, 9.17) is 0 Å². The molecule has 0 saturated carbocycles. The molecule has 0 aliphatic heterocycles. The predicted octanol–water partition coefficient (Wildman–Crippen LogP) is 3.54. The number of halogens is 1. The molecule has 3 heteroatoms. The van der Waals surface area contributed by atoms with Crippen LogP contribution in [0.2, 0.25) is 0 Å². The van der Waals surface area contributed by atoms with Crippen molar-refractivity contribution in [2.75, 3.05) is 0 Å². The van der Waals surface area contributed by atoms with E-state index in [0.29, 0.717) is 17.5 Å². The second-order valence-electron chi connectivity index (χ2n) is 5.43. The third kappa shape index (κ3) is 3.23. The summed E-state index contributed by atoms with van der Waals surface area (Å²) < 4.78 is 13.6. The van der Waals surface area contributed by atoms with Crippen LogP contribution < -0.4 is 0 Å². The van der Waals surface area contributed by atoms with Crippen molar-refractivity contribution in [3.63, 3.8) is 0 Å². The first-order valence-electron chi connectivity index (χ1n) is 6.85. The maximum atomic E-state index is 13.6. The van der Waals surface area contributed by atoms with Crippen LogP contribution in [0.1, 0.15) is 36.2 Å². The van der Waals surface area contributed by atoms with Crippen molar-refractivity contribution >= 4 is 0 Å². The van der Waals surface area contributed by atoms with Crippen molar-refractivity contribution < 1.29 is 9.50 Å². The molecule has 0 aliphatic rings. The largest absolute Gasteiger partial charge is 0.385 e. The maximum Gasteiger partial charge on any atom is 0.126 e. The van der Waals surface area contributed by atoms with Gasteiger partial charge in [-0.05, 0) is 49.1 Å². The molecule has 2 rings (SSSR count). The summed E-state index contributed by atoms with van der Waals surface area (Å²) in [5.41, 5.74) is 1.98. The van der Waals surface area contributed by atoms with E-state index in [9.17, 15) is 9.50 Å². The topological polar surface area (TPSA) is 33.1 Å². The van der Waals surface area contributed by atoms with Crippen LogP contribution in [0.25, 0.3) is 0 Å². The van der Waals surface area contributed by atoms with E-state index in [-0.39, 0.29) is 5.82 Å². The third-order valence-corrected chi connectivity index (χ3v) is 3.61. The monoisotopic (exact) mass is 273 g/mol. The second kappa shape index (κ2) is 5.71. The van der Waals surface area contributed by atoms with Gasteiger partial charge in [0.15, 0.2) is 0 Å². The van der Waals surface area contributed by atoms with Gasteiger partial charge < -0.3 is 5.11 Å². The van der Waals surface area contributed by atoms with E-state index in [0.717, 1.165) is 17.7 Å². The molecule has 1 unspecified atom stereocenters. The van der Waals surface area contributed by atoms with Crippen LogP contribution in [0.15, 0.2) is 36.5 Å². The highest BCUT2D eigenvalue weighted by atomic mass is 19.1. The molecule has 0 amide bonds. The zero-order valence-corrected chi connectivity index (χ0v) is 12.2. The number of benzene rings is 1. The van der Waals surface area contributed by atoms with Gasteiger partial charge in [-0.25, -0.2) is 4.39 Å². The van der Waals surface area contributed by atoms with E-state index < -0.39 is 5.60 Å². The lowest BCUT2D eigenvalue weighted by molar-refractivity contribution is 0.0562. The number of pyridine rings is 1. The Bertz CT molecular complexity index is 590. The van der Waals surface area contributed by atoms with Crippen molar-refractivity contribution in [3.8, 4) is 0 Å². The first-order valence-corrected chi connectivity index (χ1v) is 6.85. The molecule has 0 radical (unpaired) electrons. The van der Waals surface area contributed by atoms with Gasteiger partial charge in [0, 0.05) is 18.3 Å². The van der Waals surface area contributed by atoms with E-state index in [1.165, 1.54) is 6.07 Å². The van der Waals surface area contributed by atoms with Gasteiger partial charge in [-0.2, -0.15) is 0 Å². The highest BCUT2D eigenvalue weighted by molar-refractivity contribution is 5.29. The minimum Gasteiger partial charge on any atom is -0.385 e. The average Bonchev–Trinajstić information content (AvgIpc) is 2.42. The van der Waals surface area contributed by atoms with E-state index >= 15 is 0 Å². The van der Waals surface area contributed by atoms with Crippen molar-refractivity contribution in [2.45, 2.75) is 39.2 Å². The average molecular weight is 273 g/mol. The molecule has 0 aliphatic carbocycles. The molecule has 0 saturated heterocycles. The lowest BCUT2D eigenvalue weighted by atomic mass is 9.90. The summed E-state index contributed by atoms with van der Waals surface area (Å²) in [6, 6.07) is 8.77. The Morgan fingerprint density at radius 2 is 2.00 bits per heavy atom. The Morgan fingerprint density at radius 1 is 1.25 bits per heavy atom. The molecule has 1 aromatic carbocycles. The fourth-order valence-corrected chi connectivity index (χ4v) is 2.15. The van der Waals surface area contributed by atoms with Crippen LogP contribution in [0.4, 0.5) is 4.39 Å². The van der Waals surface area contributed by atoms with Gasteiger partial charge >= 0.3 is 0 Å². The lowest BCUT2D eigenvalue weighted by Crippen LogP contribution is -2.25. The van der Waals surface area contributed by atoms with Gasteiger partial charge in [0.25, 0.3) is 0 Å². The first kappa shape index (κ1) is 14.7. The molecule has 20 heavy (non-hydrogen) atoms. The fourth-order valence-electron chi connectivity index (χ4n) is 2.15. The number of aliphatic hydroxyl groups is 1. The second-order valence-corrected chi connectivity index (χ2v) is 5.43. The van der Waals surface area contributed by atoms with Crippen LogP contribution in [0.3, 0.4) is 0 Å². The molecule has 0 bridgehead atoms. The molecule has 0 spiro atoms. The number of nitrogens with zero attached hydrogens (tertiary/aromatic N) is 1. The Balaban J connectivity index is 2.22. The lowest BCUT2D eigenvalue weighted by Gasteiger charge is -2.24. The fraction of sp³-hybridized carbons (Fsp3) is 0.353. The van der Waals surface area contributed by atoms with Crippen molar-refractivity contribution in [1.82, 2.24) is 4.98 Å². The zero-order valence-electron chi connectivity index (χ0n) is 12.2. The standard InChI is InChI=1S/C17H20FNO/c1-4-13-6-8-15(19-11-13)10-17(3,20)14-7-5-12(2)16(18)9-14/h5-9,11,20H,4,10H2,1-3H3. The Hall–Kier alpha value is -1.74. The summed E-state index contributed by atoms with van der Waals surface area (Å²) in [4.78, 5) is 4.35. The Kier molecular flexibility index (Phi) is 4.19. The van der Waals surface area contributed by atoms with Crippen LogP contribution in [0.5, 0.6) is 0 Å². The summed E-state index contributed by atoms with van der Waals surface area (Å²) in [6.07, 6.45) is 3.12. The minimum absolute atomic E-state index is 0.294. The number of hydrogen-bond donors (Lipinski definition) is 1. The van der Waals surface area contributed by atoms with E-state index in [1.54, 1.807) is 26.0 Å². The van der Waals surface area contributed by atoms with Crippen molar-refractivity contribution in [3.05, 3.63) is 64.7 Å². The quantitative estimate of drug-likeness (QED) is 0.924. The minimum atomic E-state index is -1.13. The van der Waals surface area contributed by atoms with Gasteiger partial charge in [0.2, 0.25) is 0 Å². The highest BCUT2D eigenvalue weighted by Gasteiger charge is 2.25. The molecule has 1 heterocycles. The summed E-state index contributed by atoms with van der Waals surface area (Å²) in [5, 5.41) is 10.6. The SMILES string of the molecule is CCc1ccc(CC(C)(O)c2ccc(C)c(F)c2)nc1. The summed E-state index contributed by atoms with van der Waals surface area (Å²) in [6.45, 7) is 5.47. The Labute approximate surface area is 119 Å². The number of aromatic nitrogens is 1. The van der Waals surface area contributed by atoms with Crippen LogP contribution in [-0.4, -0.2) is 10.1 Å². The van der Waals surface area contributed by atoms with E-state index in [1.807, 2.05) is 18.3 Å². The highest BCUT2D eigenvalue weighted by Crippen LogP contribution is 2.26. The van der Waals surface area contributed by atoms with Gasteiger partial charge in [-0.1, -0.05) is 25.1 Å². The van der Waals surface area contributed by atoms with E-state index in [2.05, 4.69) is 11.9 Å². The predicted molar refractivity (Wildman–Crippen MR) is 78.0 cm³/mol. The van der Waals surface area contributed by atoms with Gasteiger partial charge in [0.05, 0.1) is 5.60 Å². The molecular weight excluding hydrogens is 253 g/mol. The van der Waals surface area contributed by atoms with Crippen molar-refractivity contribution in [2.24, 2.45) is 0 Å². The molecular formula is C17H20FNO. The number of rotatable bonds is 4. The molecule has 106 valence electrons. The smallest absolute Gasteiger partial charge is 0.126 e. The van der Waals surface area contributed by atoms with Crippen LogP contribution in [-0.2, 0) is 18.4 Å². The summed E-state index contributed by atoms with van der Waals surface area (Å²) in [7, 11) is 0. The molecule has 2 nitrogen and oxygen atoms in total. The van der Waals surface area contributed by atoms with Crippen LogP contribution in [0, 0.1) is 12.7 Å². The van der Waals surface area contributed by atoms with Gasteiger partial charge in [0.1, 0.15) is 5.82 Å². The Morgan fingerprint density at radius 3 is 2.55 bits per heavy atom. The zero-order chi connectivity index (χ0) is 14.8.